The van der Waals surface area contributed by atoms with Crippen LogP contribution in [0.2, 0.25) is 0 Å². The number of aryl methyl sites for hydroxylation is 2. The highest BCUT2D eigenvalue weighted by Crippen LogP contribution is 2.43. The minimum absolute atomic E-state index is 0.281. The van der Waals surface area contributed by atoms with E-state index in [0.29, 0.717) is 40.2 Å². The summed E-state index contributed by atoms with van der Waals surface area (Å²) in [4.78, 5) is 11.2. The van der Waals surface area contributed by atoms with Crippen molar-refractivity contribution in [3.8, 4) is 17.2 Å². The number of hydrogen-bond donors (Lipinski definition) is 0. The summed E-state index contributed by atoms with van der Waals surface area (Å²) in [6, 6.07) is 11.6. The molecule has 1 aromatic heterocycles. The van der Waals surface area contributed by atoms with E-state index < -0.39 is 5.25 Å². The number of thioether (sulfide) groups is 1. The molecule has 170 valence electrons. The summed E-state index contributed by atoms with van der Waals surface area (Å²) in [7, 11) is 0. The molecule has 0 bridgehead atoms. The lowest BCUT2D eigenvalue weighted by molar-refractivity contribution is -0.479. The number of nitrogens with zero attached hydrogens (tertiary/aromatic N) is 4. The van der Waals surface area contributed by atoms with Crippen LogP contribution in [0, 0.1) is 24.0 Å². The Morgan fingerprint density at radius 1 is 1.16 bits per heavy atom. The maximum absolute atomic E-state index is 11.5. The summed E-state index contributed by atoms with van der Waals surface area (Å²) in [6.45, 7) is 8.29. The van der Waals surface area contributed by atoms with Crippen molar-refractivity contribution in [2.45, 2.75) is 38.1 Å². The number of nitro groups is 1. The molecule has 1 heterocycles. The Bertz CT molecular complexity index is 1110. The maximum atomic E-state index is 11.5. The van der Waals surface area contributed by atoms with Crippen molar-refractivity contribution in [1.82, 2.24) is 14.8 Å². The molecule has 0 aliphatic rings. The number of hydrogen-bond acceptors (Lipinski definition) is 7. The molecule has 1 atom stereocenters. The van der Waals surface area contributed by atoms with E-state index in [-0.39, 0.29) is 11.5 Å². The van der Waals surface area contributed by atoms with E-state index in [1.165, 1.54) is 11.8 Å². The van der Waals surface area contributed by atoms with Gasteiger partial charge in [0, 0.05) is 10.6 Å². The smallest absolute Gasteiger partial charge is 0.220 e. The highest BCUT2D eigenvalue weighted by atomic mass is 79.9. The number of ether oxygens (including phenoxy) is 2. The fraction of sp³-hybridized carbons (Fsp3) is 0.364. The number of benzene rings is 2. The van der Waals surface area contributed by atoms with E-state index in [2.05, 4.69) is 26.1 Å². The summed E-state index contributed by atoms with van der Waals surface area (Å²) >= 11 is 4.84. The zero-order valence-corrected chi connectivity index (χ0v) is 20.8. The Labute approximate surface area is 199 Å². The molecule has 10 heteroatoms. The van der Waals surface area contributed by atoms with Crippen molar-refractivity contribution in [1.29, 1.82) is 0 Å². The highest BCUT2D eigenvalue weighted by molar-refractivity contribution is 9.10. The lowest BCUT2D eigenvalue weighted by Gasteiger charge is -2.18. The van der Waals surface area contributed by atoms with Gasteiger partial charge in [-0.3, -0.25) is 14.7 Å². The Morgan fingerprint density at radius 3 is 2.56 bits per heavy atom. The lowest BCUT2D eigenvalue weighted by Crippen LogP contribution is -2.12. The standard InChI is InChI=1S/C22H25BrN4O4S/c1-5-30-19-12-16(11-18(23)21(19)31-6-2)20(13-26(28)29)32-22-25-24-15(4)27(22)17-9-7-8-14(3)10-17/h7-12,20H,5-6,13H2,1-4H3/t20-/m1/s1. The average molecular weight is 521 g/mol. The van der Waals surface area contributed by atoms with Crippen molar-refractivity contribution in [3.05, 3.63) is 67.9 Å². The third-order valence-electron chi connectivity index (χ3n) is 4.61. The molecule has 0 unspecified atom stereocenters. The molecule has 3 aromatic rings. The van der Waals surface area contributed by atoms with Crippen LogP contribution in [0.4, 0.5) is 0 Å². The van der Waals surface area contributed by atoms with Gasteiger partial charge in [0.25, 0.3) is 0 Å². The molecule has 0 saturated heterocycles. The van der Waals surface area contributed by atoms with Gasteiger partial charge in [-0.1, -0.05) is 23.9 Å². The van der Waals surface area contributed by atoms with Crippen LogP contribution in [-0.2, 0) is 0 Å². The molecule has 8 nitrogen and oxygen atoms in total. The number of rotatable bonds is 10. The Morgan fingerprint density at radius 2 is 1.91 bits per heavy atom. The van der Waals surface area contributed by atoms with Gasteiger partial charge in [0.05, 0.1) is 17.7 Å². The summed E-state index contributed by atoms with van der Waals surface area (Å²) < 4.78 is 14.1. The summed E-state index contributed by atoms with van der Waals surface area (Å²) in [5.41, 5.74) is 2.75. The van der Waals surface area contributed by atoms with Crippen LogP contribution in [0.15, 0.2) is 46.0 Å². The van der Waals surface area contributed by atoms with Crippen LogP contribution < -0.4 is 9.47 Å². The quantitative estimate of drug-likeness (QED) is 0.196. The molecule has 0 spiro atoms. The van der Waals surface area contributed by atoms with E-state index in [1.807, 2.05) is 62.6 Å². The van der Waals surface area contributed by atoms with Gasteiger partial charge in [-0.05, 0) is 79.0 Å². The van der Waals surface area contributed by atoms with E-state index in [9.17, 15) is 10.1 Å². The minimum Gasteiger partial charge on any atom is -0.490 e. The predicted octanol–water partition coefficient (Wildman–Crippen LogP) is 5.55. The Kier molecular flexibility index (Phi) is 8.14. The van der Waals surface area contributed by atoms with Crippen molar-refractivity contribution < 1.29 is 14.4 Å². The number of aromatic nitrogens is 3. The first-order valence-electron chi connectivity index (χ1n) is 10.2. The minimum atomic E-state index is -0.511. The molecule has 0 radical (unpaired) electrons. The molecule has 0 aliphatic heterocycles. The fourth-order valence-electron chi connectivity index (χ4n) is 3.28. The monoisotopic (exact) mass is 520 g/mol. The predicted molar refractivity (Wildman–Crippen MR) is 128 cm³/mol. The van der Waals surface area contributed by atoms with Crippen molar-refractivity contribution in [2.75, 3.05) is 19.8 Å². The lowest BCUT2D eigenvalue weighted by atomic mass is 10.1. The van der Waals surface area contributed by atoms with Gasteiger partial charge in [0.1, 0.15) is 11.1 Å². The fourth-order valence-corrected chi connectivity index (χ4v) is 5.01. The van der Waals surface area contributed by atoms with Crippen LogP contribution in [0.3, 0.4) is 0 Å². The summed E-state index contributed by atoms with van der Waals surface area (Å²) in [5.74, 6) is 1.84. The van der Waals surface area contributed by atoms with Gasteiger partial charge < -0.3 is 9.47 Å². The van der Waals surface area contributed by atoms with Crippen molar-refractivity contribution in [2.24, 2.45) is 0 Å². The molecule has 0 amide bonds. The third kappa shape index (κ3) is 5.60. The topological polar surface area (TPSA) is 92.3 Å². The van der Waals surface area contributed by atoms with Crippen LogP contribution in [0.25, 0.3) is 5.69 Å². The third-order valence-corrected chi connectivity index (χ3v) is 6.38. The van der Waals surface area contributed by atoms with Gasteiger partial charge in [-0.15, -0.1) is 10.2 Å². The van der Waals surface area contributed by atoms with Gasteiger partial charge in [-0.25, -0.2) is 0 Å². The van der Waals surface area contributed by atoms with E-state index in [4.69, 9.17) is 9.47 Å². The van der Waals surface area contributed by atoms with E-state index >= 15 is 0 Å². The molecule has 0 N–H and O–H groups in total. The largest absolute Gasteiger partial charge is 0.490 e. The Balaban J connectivity index is 2.04. The first-order chi connectivity index (χ1) is 15.3. The highest BCUT2D eigenvalue weighted by Gasteiger charge is 2.26. The van der Waals surface area contributed by atoms with E-state index in [1.54, 1.807) is 6.07 Å². The van der Waals surface area contributed by atoms with Crippen LogP contribution in [-0.4, -0.2) is 39.4 Å². The molecule has 0 saturated carbocycles. The number of halogens is 1. The molecule has 3 rings (SSSR count). The van der Waals surface area contributed by atoms with Crippen LogP contribution >= 0.6 is 27.7 Å². The zero-order chi connectivity index (χ0) is 23.3. The second kappa shape index (κ2) is 10.8. The zero-order valence-electron chi connectivity index (χ0n) is 18.4. The van der Waals surface area contributed by atoms with Crippen LogP contribution in [0.5, 0.6) is 11.5 Å². The van der Waals surface area contributed by atoms with Crippen LogP contribution in [0.1, 0.15) is 36.0 Å². The van der Waals surface area contributed by atoms with Crippen molar-refractivity contribution in [3.63, 3.8) is 0 Å². The first-order valence-corrected chi connectivity index (χ1v) is 11.9. The second-order valence-corrected chi connectivity index (χ2v) is 9.05. The molecule has 0 aliphatic carbocycles. The normalized spacial score (nSPS) is 11.9. The average Bonchev–Trinajstić information content (AvgIpc) is 3.09. The molecule has 32 heavy (non-hydrogen) atoms. The van der Waals surface area contributed by atoms with E-state index in [0.717, 1.165) is 16.8 Å². The van der Waals surface area contributed by atoms with Crippen molar-refractivity contribution >= 4 is 27.7 Å². The van der Waals surface area contributed by atoms with Gasteiger partial charge >= 0.3 is 0 Å². The van der Waals surface area contributed by atoms with Gasteiger partial charge in [0.15, 0.2) is 16.7 Å². The molecular formula is C22H25BrN4O4S. The molecule has 0 fully saturated rings. The summed E-state index contributed by atoms with van der Waals surface area (Å²) in [6.07, 6.45) is 0. The SMILES string of the molecule is CCOc1cc([C@@H](C[N+](=O)[O-])Sc2nnc(C)n2-c2cccc(C)c2)cc(Br)c1OCC. The molecular weight excluding hydrogens is 496 g/mol. The van der Waals surface area contributed by atoms with Gasteiger partial charge in [0.2, 0.25) is 6.54 Å². The first kappa shape index (κ1) is 24.1. The van der Waals surface area contributed by atoms with Gasteiger partial charge in [-0.2, -0.15) is 0 Å². The Hall–Kier alpha value is -2.59. The second-order valence-electron chi connectivity index (χ2n) is 7.02. The maximum Gasteiger partial charge on any atom is 0.220 e. The molecule has 2 aromatic carbocycles. The summed E-state index contributed by atoms with van der Waals surface area (Å²) in [5, 5.41) is 20.1.